The highest BCUT2D eigenvalue weighted by Crippen LogP contribution is 2.24. The molecular weight excluding hydrogens is 258 g/mol. The lowest BCUT2D eigenvalue weighted by molar-refractivity contribution is 0.403. The Hall–Kier alpha value is -1.31. The topological polar surface area (TPSA) is 107 Å². The quantitative estimate of drug-likeness (QED) is 0.328. The number of benzene rings is 1. The van der Waals surface area contributed by atoms with Gasteiger partial charge >= 0.3 is 0 Å². The zero-order valence-corrected chi connectivity index (χ0v) is 10.7. The van der Waals surface area contributed by atoms with Gasteiger partial charge in [-0.2, -0.15) is 8.42 Å². The van der Waals surface area contributed by atoms with Crippen LogP contribution in [0.4, 0.5) is 0 Å². The van der Waals surface area contributed by atoms with Crippen molar-refractivity contribution in [2.45, 2.75) is 12.8 Å². The normalized spacial score (nSPS) is 11.6. The van der Waals surface area contributed by atoms with Crippen molar-refractivity contribution in [3.05, 3.63) is 23.8 Å². The van der Waals surface area contributed by atoms with Crippen LogP contribution in [-0.4, -0.2) is 42.0 Å². The number of rotatable bonds is 7. The van der Waals surface area contributed by atoms with E-state index in [0.717, 1.165) is 5.56 Å². The second-order valence-corrected chi connectivity index (χ2v) is 5.53. The summed E-state index contributed by atoms with van der Waals surface area (Å²) >= 11 is 0. The average molecular weight is 275 g/mol. The van der Waals surface area contributed by atoms with Crippen molar-refractivity contribution in [3.8, 4) is 11.5 Å². The summed E-state index contributed by atoms with van der Waals surface area (Å²) in [5.41, 5.74) is 0.868. The average Bonchev–Trinajstić information content (AvgIpc) is 2.26. The minimum Gasteiger partial charge on any atom is -0.504 e. The van der Waals surface area contributed by atoms with Gasteiger partial charge in [0.25, 0.3) is 10.1 Å². The number of hydrogen-bond donors (Lipinski definition) is 4. The van der Waals surface area contributed by atoms with Crippen LogP contribution in [-0.2, 0) is 16.5 Å². The lowest BCUT2D eigenvalue weighted by Gasteiger charge is -2.05. The molecule has 0 aliphatic rings. The van der Waals surface area contributed by atoms with Crippen molar-refractivity contribution in [1.29, 1.82) is 0 Å². The summed E-state index contributed by atoms with van der Waals surface area (Å²) < 4.78 is 29.4. The molecule has 0 fully saturated rings. The van der Waals surface area contributed by atoms with E-state index in [2.05, 4.69) is 5.32 Å². The summed E-state index contributed by atoms with van der Waals surface area (Å²) in [7, 11) is -3.87. The molecule has 0 aliphatic carbocycles. The molecule has 4 N–H and O–H groups in total. The zero-order valence-electron chi connectivity index (χ0n) is 9.83. The predicted octanol–water partition coefficient (Wildman–Crippen LogP) is 0.508. The van der Waals surface area contributed by atoms with E-state index in [1.165, 1.54) is 12.1 Å². The molecule has 0 saturated carbocycles. The van der Waals surface area contributed by atoms with Crippen LogP contribution < -0.4 is 5.32 Å². The summed E-state index contributed by atoms with van der Waals surface area (Å²) in [6.45, 7) is 1.11. The van der Waals surface area contributed by atoms with E-state index in [1.807, 2.05) is 0 Å². The third-order valence-electron chi connectivity index (χ3n) is 2.39. The SMILES string of the molecule is O=S(=O)(O)CCCNCCc1ccc(O)c(O)c1. The first-order valence-corrected chi connectivity index (χ1v) is 7.16. The van der Waals surface area contributed by atoms with Crippen molar-refractivity contribution in [2.24, 2.45) is 0 Å². The van der Waals surface area contributed by atoms with E-state index in [-0.39, 0.29) is 17.3 Å². The maximum Gasteiger partial charge on any atom is 0.264 e. The summed E-state index contributed by atoms with van der Waals surface area (Å²) in [5.74, 6) is -0.557. The molecule has 0 unspecified atom stereocenters. The number of aromatic hydroxyl groups is 2. The van der Waals surface area contributed by atoms with Crippen LogP contribution in [0.15, 0.2) is 18.2 Å². The zero-order chi connectivity index (χ0) is 13.6. The van der Waals surface area contributed by atoms with Crippen LogP contribution in [0.1, 0.15) is 12.0 Å². The molecule has 0 radical (unpaired) electrons. The Morgan fingerprint density at radius 1 is 1.11 bits per heavy atom. The first kappa shape index (κ1) is 14.7. The van der Waals surface area contributed by atoms with Gasteiger partial charge in [-0.1, -0.05) is 6.07 Å². The van der Waals surface area contributed by atoms with Gasteiger partial charge < -0.3 is 15.5 Å². The largest absolute Gasteiger partial charge is 0.504 e. The summed E-state index contributed by atoms with van der Waals surface area (Å²) in [6, 6.07) is 4.60. The third kappa shape index (κ3) is 5.85. The molecule has 1 aromatic rings. The maximum atomic E-state index is 10.4. The lowest BCUT2D eigenvalue weighted by atomic mass is 10.1. The van der Waals surface area contributed by atoms with Gasteiger partial charge in [-0.15, -0.1) is 0 Å². The Morgan fingerprint density at radius 2 is 1.83 bits per heavy atom. The minimum atomic E-state index is -3.87. The van der Waals surface area contributed by atoms with E-state index in [1.54, 1.807) is 6.07 Å². The van der Waals surface area contributed by atoms with Gasteiger partial charge in [0, 0.05) is 0 Å². The lowest BCUT2D eigenvalue weighted by Crippen LogP contribution is -2.20. The van der Waals surface area contributed by atoms with Crippen LogP contribution in [0, 0.1) is 0 Å². The molecule has 0 aromatic heterocycles. The minimum absolute atomic E-state index is 0.153. The van der Waals surface area contributed by atoms with E-state index in [4.69, 9.17) is 9.66 Å². The van der Waals surface area contributed by atoms with Crippen molar-refractivity contribution in [3.63, 3.8) is 0 Å². The summed E-state index contributed by atoms with van der Waals surface area (Å²) in [6.07, 6.45) is 0.999. The molecule has 102 valence electrons. The molecule has 0 spiro atoms. The first-order valence-electron chi connectivity index (χ1n) is 5.55. The summed E-state index contributed by atoms with van der Waals surface area (Å²) in [4.78, 5) is 0. The molecular formula is C11H17NO5S. The molecule has 7 heteroatoms. The van der Waals surface area contributed by atoms with Crippen LogP contribution in [0.5, 0.6) is 11.5 Å². The van der Waals surface area contributed by atoms with Crippen LogP contribution >= 0.6 is 0 Å². The Labute approximate surface area is 106 Å². The molecule has 0 aliphatic heterocycles. The molecule has 0 saturated heterocycles. The van der Waals surface area contributed by atoms with Crippen LogP contribution in [0.25, 0.3) is 0 Å². The Kier molecular flexibility index (Phi) is 5.39. The van der Waals surface area contributed by atoms with Crippen LogP contribution in [0.3, 0.4) is 0 Å². The van der Waals surface area contributed by atoms with Gasteiger partial charge in [0.15, 0.2) is 11.5 Å². The van der Waals surface area contributed by atoms with Gasteiger partial charge in [0.05, 0.1) is 5.75 Å². The molecule has 0 atom stereocenters. The highest BCUT2D eigenvalue weighted by atomic mass is 32.2. The van der Waals surface area contributed by atoms with Crippen molar-refractivity contribution in [2.75, 3.05) is 18.8 Å². The van der Waals surface area contributed by atoms with Gasteiger partial charge in [-0.3, -0.25) is 4.55 Å². The van der Waals surface area contributed by atoms with Gasteiger partial charge in [0.2, 0.25) is 0 Å². The van der Waals surface area contributed by atoms with Crippen molar-refractivity contribution < 1.29 is 23.2 Å². The predicted molar refractivity (Wildman–Crippen MR) is 67.4 cm³/mol. The maximum absolute atomic E-state index is 10.4. The van der Waals surface area contributed by atoms with Crippen LogP contribution in [0.2, 0.25) is 0 Å². The number of phenolic OH excluding ortho intramolecular Hbond substituents is 2. The second-order valence-electron chi connectivity index (χ2n) is 3.96. The first-order chi connectivity index (χ1) is 8.38. The molecule has 0 bridgehead atoms. The Balaban J connectivity index is 2.20. The smallest absolute Gasteiger partial charge is 0.264 e. The second kappa shape index (κ2) is 6.58. The fourth-order valence-electron chi connectivity index (χ4n) is 1.46. The molecule has 1 aromatic carbocycles. The fraction of sp³-hybridized carbons (Fsp3) is 0.455. The molecule has 1 rings (SSSR count). The van der Waals surface area contributed by atoms with E-state index in [9.17, 15) is 13.5 Å². The molecule has 6 nitrogen and oxygen atoms in total. The van der Waals surface area contributed by atoms with Gasteiger partial charge in [-0.25, -0.2) is 0 Å². The van der Waals surface area contributed by atoms with Gasteiger partial charge in [-0.05, 0) is 43.6 Å². The highest BCUT2D eigenvalue weighted by molar-refractivity contribution is 7.85. The number of hydrogen-bond acceptors (Lipinski definition) is 5. The Bertz CT molecular complexity index is 486. The number of nitrogens with one attached hydrogen (secondary N) is 1. The monoisotopic (exact) mass is 275 g/mol. The Morgan fingerprint density at radius 3 is 2.44 bits per heavy atom. The van der Waals surface area contributed by atoms with E-state index in [0.29, 0.717) is 25.9 Å². The molecule has 0 amide bonds. The molecule has 18 heavy (non-hydrogen) atoms. The molecule has 0 heterocycles. The fourth-order valence-corrected chi connectivity index (χ4v) is 1.97. The summed E-state index contributed by atoms with van der Waals surface area (Å²) in [5, 5.41) is 21.4. The standard InChI is InChI=1S/C11H17NO5S/c13-10-3-2-9(8-11(10)14)4-6-12-5-1-7-18(15,16)17/h2-3,8,12-14H,1,4-7H2,(H,15,16,17). The van der Waals surface area contributed by atoms with Crippen molar-refractivity contribution >= 4 is 10.1 Å². The third-order valence-corrected chi connectivity index (χ3v) is 3.19. The van der Waals surface area contributed by atoms with E-state index < -0.39 is 10.1 Å². The van der Waals surface area contributed by atoms with Gasteiger partial charge in [0.1, 0.15) is 0 Å². The number of phenols is 2. The van der Waals surface area contributed by atoms with E-state index >= 15 is 0 Å². The highest BCUT2D eigenvalue weighted by Gasteiger charge is 2.03. The van der Waals surface area contributed by atoms with Crippen molar-refractivity contribution in [1.82, 2.24) is 5.32 Å².